The van der Waals surface area contributed by atoms with Crippen molar-refractivity contribution in [2.75, 3.05) is 32.8 Å². The van der Waals surface area contributed by atoms with Gasteiger partial charge in [0.05, 0.1) is 19.3 Å². The summed E-state index contributed by atoms with van der Waals surface area (Å²) in [7, 11) is 0. The summed E-state index contributed by atoms with van der Waals surface area (Å²) in [6.07, 6.45) is 0. The van der Waals surface area contributed by atoms with E-state index in [-0.39, 0.29) is 11.9 Å². The molecule has 3 rings (SSSR count). The fourth-order valence-corrected chi connectivity index (χ4v) is 3.80. The Hall–Kier alpha value is -1.21. The summed E-state index contributed by atoms with van der Waals surface area (Å²) in [4.78, 5) is 16.0. The molecular formula is C17H19BrN2O2S. The van der Waals surface area contributed by atoms with Crippen LogP contribution in [0.4, 0.5) is 0 Å². The highest BCUT2D eigenvalue weighted by Crippen LogP contribution is 2.25. The van der Waals surface area contributed by atoms with Crippen LogP contribution < -0.4 is 5.32 Å². The van der Waals surface area contributed by atoms with E-state index in [1.165, 1.54) is 4.88 Å². The molecule has 0 saturated carbocycles. The SMILES string of the molecule is O=C(NC[C@H](c1cccs1)N1CCOCC1)c1ccc(Br)cc1. The Kier molecular flexibility index (Phi) is 5.83. The van der Waals surface area contributed by atoms with E-state index in [4.69, 9.17) is 4.74 Å². The van der Waals surface area contributed by atoms with Crippen molar-refractivity contribution < 1.29 is 9.53 Å². The number of ether oxygens (including phenoxy) is 1. The second kappa shape index (κ2) is 8.06. The first-order chi connectivity index (χ1) is 11.2. The third kappa shape index (κ3) is 4.41. The molecule has 0 aliphatic carbocycles. The van der Waals surface area contributed by atoms with Crippen molar-refractivity contribution in [1.82, 2.24) is 10.2 Å². The van der Waals surface area contributed by atoms with Crippen LogP contribution in [0.2, 0.25) is 0 Å². The van der Waals surface area contributed by atoms with E-state index >= 15 is 0 Å². The normalized spacial score (nSPS) is 16.9. The molecule has 2 aromatic rings. The van der Waals surface area contributed by atoms with E-state index in [1.807, 2.05) is 24.3 Å². The third-order valence-electron chi connectivity index (χ3n) is 3.92. The van der Waals surface area contributed by atoms with Crippen molar-refractivity contribution in [2.24, 2.45) is 0 Å². The third-order valence-corrected chi connectivity index (χ3v) is 5.42. The Morgan fingerprint density at radius 1 is 1.26 bits per heavy atom. The summed E-state index contributed by atoms with van der Waals surface area (Å²) in [6, 6.07) is 11.8. The van der Waals surface area contributed by atoms with E-state index in [1.54, 1.807) is 11.3 Å². The predicted octanol–water partition coefficient (Wildman–Crippen LogP) is 3.31. The van der Waals surface area contributed by atoms with Gasteiger partial charge in [0.25, 0.3) is 5.91 Å². The zero-order valence-corrected chi connectivity index (χ0v) is 15.1. The number of hydrogen-bond donors (Lipinski definition) is 1. The lowest BCUT2D eigenvalue weighted by atomic mass is 10.1. The fourth-order valence-electron chi connectivity index (χ4n) is 2.67. The number of thiophene rings is 1. The van der Waals surface area contributed by atoms with Gasteiger partial charge in [-0.2, -0.15) is 0 Å². The van der Waals surface area contributed by atoms with Crippen molar-refractivity contribution in [3.63, 3.8) is 0 Å². The van der Waals surface area contributed by atoms with Crippen LogP contribution in [0.25, 0.3) is 0 Å². The van der Waals surface area contributed by atoms with E-state index < -0.39 is 0 Å². The molecule has 23 heavy (non-hydrogen) atoms. The van der Waals surface area contributed by atoms with E-state index in [0.717, 1.165) is 30.8 Å². The zero-order valence-electron chi connectivity index (χ0n) is 12.7. The van der Waals surface area contributed by atoms with Crippen molar-refractivity contribution in [2.45, 2.75) is 6.04 Å². The van der Waals surface area contributed by atoms with Crippen LogP contribution >= 0.6 is 27.3 Å². The highest BCUT2D eigenvalue weighted by atomic mass is 79.9. The summed E-state index contributed by atoms with van der Waals surface area (Å²) in [5.74, 6) is -0.0349. The quantitative estimate of drug-likeness (QED) is 0.845. The number of carbonyl (C=O) groups is 1. The van der Waals surface area contributed by atoms with Gasteiger partial charge in [-0.1, -0.05) is 22.0 Å². The number of rotatable bonds is 5. The molecule has 1 saturated heterocycles. The fraction of sp³-hybridized carbons (Fsp3) is 0.353. The van der Waals surface area contributed by atoms with Gasteiger partial charge < -0.3 is 10.1 Å². The molecule has 1 aliphatic rings. The summed E-state index contributed by atoms with van der Waals surface area (Å²) >= 11 is 5.12. The first-order valence-corrected chi connectivity index (χ1v) is 9.30. The first kappa shape index (κ1) is 16.6. The molecule has 1 aromatic carbocycles. The number of nitrogens with one attached hydrogen (secondary N) is 1. The highest BCUT2D eigenvalue weighted by Gasteiger charge is 2.24. The molecule has 0 bridgehead atoms. The number of hydrogen-bond acceptors (Lipinski definition) is 4. The Balaban J connectivity index is 1.66. The Morgan fingerprint density at radius 3 is 2.65 bits per heavy atom. The van der Waals surface area contributed by atoms with Gasteiger partial charge in [-0.3, -0.25) is 9.69 Å². The van der Waals surface area contributed by atoms with Gasteiger partial charge in [0.2, 0.25) is 0 Å². The summed E-state index contributed by atoms with van der Waals surface area (Å²) in [6.45, 7) is 3.91. The van der Waals surface area contributed by atoms with Gasteiger partial charge in [0.1, 0.15) is 0 Å². The largest absolute Gasteiger partial charge is 0.379 e. The van der Waals surface area contributed by atoms with Crippen LogP contribution in [-0.4, -0.2) is 43.7 Å². The lowest BCUT2D eigenvalue weighted by Crippen LogP contribution is -2.43. The molecule has 0 radical (unpaired) electrons. The molecule has 1 atom stereocenters. The lowest BCUT2D eigenvalue weighted by Gasteiger charge is -2.34. The Bertz CT molecular complexity index is 625. The van der Waals surface area contributed by atoms with Crippen molar-refractivity contribution in [1.29, 1.82) is 0 Å². The van der Waals surface area contributed by atoms with Crippen molar-refractivity contribution in [3.8, 4) is 0 Å². The number of carbonyl (C=O) groups excluding carboxylic acids is 1. The molecule has 1 N–H and O–H groups in total. The van der Waals surface area contributed by atoms with Gasteiger partial charge in [-0.15, -0.1) is 11.3 Å². The molecular weight excluding hydrogens is 376 g/mol. The maximum Gasteiger partial charge on any atom is 0.251 e. The van der Waals surface area contributed by atoms with Crippen LogP contribution in [0.1, 0.15) is 21.3 Å². The highest BCUT2D eigenvalue weighted by molar-refractivity contribution is 9.10. The van der Waals surface area contributed by atoms with E-state index in [9.17, 15) is 4.79 Å². The van der Waals surface area contributed by atoms with Gasteiger partial charge in [0, 0.05) is 34.5 Å². The molecule has 6 heteroatoms. The average molecular weight is 395 g/mol. The zero-order chi connectivity index (χ0) is 16.1. The minimum absolute atomic E-state index is 0.0349. The van der Waals surface area contributed by atoms with Crippen LogP contribution in [0.15, 0.2) is 46.3 Å². The number of amides is 1. The molecule has 0 spiro atoms. The molecule has 122 valence electrons. The Labute approximate surface area is 148 Å². The molecule has 4 nitrogen and oxygen atoms in total. The molecule has 1 aliphatic heterocycles. The van der Waals surface area contributed by atoms with Crippen LogP contribution in [-0.2, 0) is 4.74 Å². The second-order valence-electron chi connectivity index (χ2n) is 5.40. The molecule has 1 aromatic heterocycles. The molecule has 1 amide bonds. The standard InChI is InChI=1S/C17H19BrN2O2S/c18-14-5-3-13(4-6-14)17(21)19-12-15(16-2-1-11-23-16)20-7-9-22-10-8-20/h1-6,11,15H,7-10,12H2,(H,19,21)/t15-/m1/s1. The monoisotopic (exact) mass is 394 g/mol. The van der Waals surface area contributed by atoms with Crippen LogP contribution in [0, 0.1) is 0 Å². The molecule has 2 heterocycles. The lowest BCUT2D eigenvalue weighted by molar-refractivity contribution is 0.0169. The maximum absolute atomic E-state index is 12.3. The van der Waals surface area contributed by atoms with Crippen molar-refractivity contribution in [3.05, 3.63) is 56.7 Å². The van der Waals surface area contributed by atoms with Gasteiger partial charge >= 0.3 is 0 Å². The summed E-state index contributed by atoms with van der Waals surface area (Å²) in [5.41, 5.74) is 0.681. The molecule has 0 unspecified atom stereocenters. The number of morpholine rings is 1. The predicted molar refractivity (Wildman–Crippen MR) is 95.9 cm³/mol. The van der Waals surface area contributed by atoms with Gasteiger partial charge in [-0.05, 0) is 35.7 Å². The first-order valence-electron chi connectivity index (χ1n) is 7.63. The van der Waals surface area contributed by atoms with Gasteiger partial charge in [0.15, 0.2) is 0 Å². The van der Waals surface area contributed by atoms with Crippen LogP contribution in [0.3, 0.4) is 0 Å². The summed E-state index contributed by atoms with van der Waals surface area (Å²) in [5, 5.41) is 5.16. The van der Waals surface area contributed by atoms with Gasteiger partial charge in [-0.25, -0.2) is 0 Å². The summed E-state index contributed by atoms with van der Waals surface area (Å²) < 4.78 is 6.41. The Morgan fingerprint density at radius 2 is 2.00 bits per heavy atom. The second-order valence-corrected chi connectivity index (χ2v) is 7.29. The molecule has 1 fully saturated rings. The minimum Gasteiger partial charge on any atom is -0.379 e. The average Bonchev–Trinajstić information content (AvgIpc) is 3.11. The maximum atomic E-state index is 12.3. The van der Waals surface area contributed by atoms with E-state index in [2.05, 4.69) is 43.7 Å². The van der Waals surface area contributed by atoms with Crippen molar-refractivity contribution >= 4 is 33.2 Å². The van der Waals surface area contributed by atoms with Crippen LogP contribution in [0.5, 0.6) is 0 Å². The number of nitrogens with zero attached hydrogens (tertiary/aromatic N) is 1. The number of benzene rings is 1. The minimum atomic E-state index is -0.0349. The topological polar surface area (TPSA) is 41.6 Å². The van der Waals surface area contributed by atoms with E-state index in [0.29, 0.717) is 12.1 Å². The smallest absolute Gasteiger partial charge is 0.251 e. The number of halogens is 1.